The Hall–Kier alpha value is -3.94. The van der Waals surface area contributed by atoms with E-state index in [4.69, 9.17) is 5.73 Å². The van der Waals surface area contributed by atoms with Crippen LogP contribution in [0.1, 0.15) is 15.9 Å². The number of nitrogens with one attached hydrogen (secondary N) is 2. The topological polar surface area (TPSA) is 115 Å². The van der Waals surface area contributed by atoms with E-state index in [1.165, 1.54) is 19.7 Å². The number of rotatable bonds is 6. The smallest absolute Gasteiger partial charge is 0.255 e. The van der Waals surface area contributed by atoms with Gasteiger partial charge < -0.3 is 21.2 Å². The second kappa shape index (κ2) is 8.43. The number of amides is 1. The highest BCUT2D eigenvalue weighted by Gasteiger charge is 2.09. The van der Waals surface area contributed by atoms with Crippen LogP contribution in [0.3, 0.4) is 0 Å². The lowest BCUT2D eigenvalue weighted by Crippen LogP contribution is -2.11. The summed E-state index contributed by atoms with van der Waals surface area (Å²) in [4.78, 5) is 25.0. The highest BCUT2D eigenvalue weighted by Crippen LogP contribution is 2.22. The number of anilines is 4. The predicted octanol–water partition coefficient (Wildman–Crippen LogP) is 3.04. The molecule has 3 rings (SSSR count). The zero-order valence-electron chi connectivity index (χ0n) is 14.6. The van der Waals surface area contributed by atoms with E-state index in [1.807, 2.05) is 30.3 Å². The van der Waals surface area contributed by atoms with Crippen molar-refractivity contribution in [1.82, 2.24) is 9.97 Å². The number of carbonyl (C=O) groups is 1. The van der Waals surface area contributed by atoms with Crippen LogP contribution in [0.25, 0.3) is 0 Å². The molecule has 27 heavy (non-hydrogen) atoms. The number of benzene rings is 2. The van der Waals surface area contributed by atoms with Crippen LogP contribution in [0.2, 0.25) is 0 Å². The molecule has 8 heteroatoms. The van der Waals surface area contributed by atoms with E-state index in [9.17, 15) is 4.79 Å². The fraction of sp³-hybridized carbons (Fsp3) is 0.0526. The van der Waals surface area contributed by atoms with E-state index in [2.05, 4.69) is 30.6 Å². The second-order valence-corrected chi connectivity index (χ2v) is 5.46. The van der Waals surface area contributed by atoms with Crippen molar-refractivity contribution in [2.24, 2.45) is 5.16 Å². The zero-order chi connectivity index (χ0) is 19.1. The van der Waals surface area contributed by atoms with Gasteiger partial charge in [-0.2, -0.15) is 0 Å². The van der Waals surface area contributed by atoms with E-state index in [1.54, 1.807) is 24.3 Å². The van der Waals surface area contributed by atoms with Gasteiger partial charge in [-0.15, -0.1) is 0 Å². The highest BCUT2D eigenvalue weighted by atomic mass is 16.6. The molecule has 0 bridgehead atoms. The molecule has 0 aliphatic carbocycles. The molecule has 8 nitrogen and oxygen atoms in total. The minimum atomic E-state index is -0.169. The van der Waals surface area contributed by atoms with Gasteiger partial charge in [-0.25, -0.2) is 9.97 Å². The van der Waals surface area contributed by atoms with E-state index < -0.39 is 0 Å². The first-order valence-corrected chi connectivity index (χ1v) is 8.08. The minimum Gasteiger partial charge on any atom is -0.399 e. The van der Waals surface area contributed by atoms with Crippen molar-refractivity contribution >= 4 is 35.1 Å². The summed E-state index contributed by atoms with van der Waals surface area (Å²) in [5.41, 5.74) is 8.42. The maximum Gasteiger partial charge on any atom is 0.255 e. The molecule has 0 atom stereocenters. The van der Waals surface area contributed by atoms with Crippen LogP contribution in [0.5, 0.6) is 0 Å². The van der Waals surface area contributed by atoms with Crippen molar-refractivity contribution in [3.63, 3.8) is 0 Å². The van der Waals surface area contributed by atoms with Gasteiger partial charge in [0.05, 0.1) is 11.8 Å². The number of nitrogen functional groups attached to an aromatic ring is 1. The maximum absolute atomic E-state index is 12.2. The number of nitrogens with two attached hydrogens (primary N) is 1. The van der Waals surface area contributed by atoms with Gasteiger partial charge in [-0.1, -0.05) is 23.4 Å². The molecule has 0 saturated carbocycles. The first kappa shape index (κ1) is 17.9. The Morgan fingerprint density at radius 3 is 2.48 bits per heavy atom. The molecule has 136 valence electrons. The maximum atomic E-state index is 12.2. The van der Waals surface area contributed by atoms with Crippen LogP contribution in [0.4, 0.5) is 23.0 Å². The fourth-order valence-electron chi connectivity index (χ4n) is 2.31. The van der Waals surface area contributed by atoms with Gasteiger partial charge in [0.25, 0.3) is 5.91 Å². The quantitative estimate of drug-likeness (QED) is 0.459. The molecule has 0 aliphatic rings. The summed E-state index contributed by atoms with van der Waals surface area (Å²) in [7, 11) is 1.44. The Kier molecular flexibility index (Phi) is 5.58. The Labute approximate surface area is 156 Å². The summed E-state index contributed by atoms with van der Waals surface area (Å²) in [6, 6.07) is 16.2. The number of carbonyl (C=O) groups excluding carboxylic acids is 1. The average Bonchev–Trinajstić information content (AvgIpc) is 2.70. The Morgan fingerprint density at radius 2 is 1.78 bits per heavy atom. The Balaban J connectivity index is 1.72. The number of aromatic nitrogens is 2. The third-order valence-electron chi connectivity index (χ3n) is 3.64. The molecule has 0 saturated heterocycles. The number of oxime groups is 1. The summed E-state index contributed by atoms with van der Waals surface area (Å²) in [6.45, 7) is 0. The van der Waals surface area contributed by atoms with E-state index in [0.29, 0.717) is 22.6 Å². The third-order valence-corrected chi connectivity index (χ3v) is 3.64. The van der Waals surface area contributed by atoms with Crippen LogP contribution < -0.4 is 16.4 Å². The predicted molar refractivity (Wildman–Crippen MR) is 105 cm³/mol. The number of nitrogens with zero attached hydrogens (tertiary/aromatic N) is 3. The lowest BCUT2D eigenvalue weighted by molar-refractivity contribution is 0.102. The fourth-order valence-corrected chi connectivity index (χ4v) is 2.31. The van der Waals surface area contributed by atoms with E-state index >= 15 is 0 Å². The van der Waals surface area contributed by atoms with Crippen LogP contribution >= 0.6 is 0 Å². The Bertz CT molecular complexity index is 942. The van der Waals surface area contributed by atoms with Crippen LogP contribution in [-0.2, 0) is 4.84 Å². The van der Waals surface area contributed by atoms with Gasteiger partial charge in [0.15, 0.2) is 0 Å². The van der Waals surface area contributed by atoms with Crippen LogP contribution in [0, 0.1) is 0 Å². The first-order chi connectivity index (χ1) is 13.2. The summed E-state index contributed by atoms with van der Waals surface area (Å²) in [5, 5.41) is 9.70. The SMILES string of the molecule is CO/N=C/c1c(N)ncnc1Nc1ccc(NC(=O)c2ccccc2)cc1. The lowest BCUT2D eigenvalue weighted by Gasteiger charge is -2.10. The zero-order valence-corrected chi connectivity index (χ0v) is 14.6. The molecule has 1 amide bonds. The van der Waals surface area contributed by atoms with Gasteiger partial charge in [0, 0.05) is 16.9 Å². The third kappa shape index (κ3) is 4.57. The summed E-state index contributed by atoms with van der Waals surface area (Å²) in [5.74, 6) is 0.599. The molecule has 1 heterocycles. The van der Waals surface area contributed by atoms with Gasteiger partial charge in [0.2, 0.25) is 0 Å². The molecule has 2 aromatic carbocycles. The molecule has 0 radical (unpaired) electrons. The summed E-state index contributed by atoms with van der Waals surface area (Å²) in [6.07, 6.45) is 2.79. The van der Waals surface area contributed by atoms with Crippen LogP contribution in [-0.4, -0.2) is 29.2 Å². The highest BCUT2D eigenvalue weighted by molar-refractivity contribution is 6.04. The molecular formula is C19H18N6O2. The van der Waals surface area contributed by atoms with Gasteiger partial charge in [0.1, 0.15) is 25.1 Å². The molecule has 0 aliphatic heterocycles. The largest absolute Gasteiger partial charge is 0.399 e. The molecule has 0 unspecified atom stereocenters. The normalized spacial score (nSPS) is 10.6. The minimum absolute atomic E-state index is 0.169. The van der Waals surface area contributed by atoms with Crippen molar-refractivity contribution in [2.75, 3.05) is 23.5 Å². The Morgan fingerprint density at radius 1 is 1.07 bits per heavy atom. The standard InChI is InChI=1S/C19H18N6O2/c1-27-23-11-16-17(20)21-12-22-18(16)24-14-7-9-15(10-8-14)25-19(26)13-5-3-2-4-6-13/h2-12H,1H3,(H,25,26)(H3,20,21,22,24)/b23-11+. The van der Waals surface area contributed by atoms with E-state index in [-0.39, 0.29) is 11.7 Å². The number of hydrogen-bond acceptors (Lipinski definition) is 7. The molecule has 0 spiro atoms. The van der Waals surface area contributed by atoms with Crippen molar-refractivity contribution in [3.05, 3.63) is 72.1 Å². The van der Waals surface area contributed by atoms with Crippen LogP contribution in [0.15, 0.2) is 66.1 Å². The van der Waals surface area contributed by atoms with Crippen molar-refractivity contribution in [1.29, 1.82) is 0 Å². The lowest BCUT2D eigenvalue weighted by atomic mass is 10.2. The van der Waals surface area contributed by atoms with Gasteiger partial charge in [-0.3, -0.25) is 4.79 Å². The van der Waals surface area contributed by atoms with Crippen molar-refractivity contribution in [3.8, 4) is 0 Å². The molecule has 3 aromatic rings. The number of hydrogen-bond donors (Lipinski definition) is 3. The molecule has 1 aromatic heterocycles. The van der Waals surface area contributed by atoms with E-state index in [0.717, 1.165) is 5.69 Å². The average molecular weight is 362 g/mol. The molecule has 0 fully saturated rings. The van der Waals surface area contributed by atoms with Crippen molar-refractivity contribution in [2.45, 2.75) is 0 Å². The monoisotopic (exact) mass is 362 g/mol. The first-order valence-electron chi connectivity index (χ1n) is 8.08. The molecule has 4 N–H and O–H groups in total. The second-order valence-electron chi connectivity index (χ2n) is 5.46. The van der Waals surface area contributed by atoms with Gasteiger partial charge >= 0.3 is 0 Å². The summed E-state index contributed by atoms with van der Waals surface area (Å²) >= 11 is 0. The summed E-state index contributed by atoms with van der Waals surface area (Å²) < 4.78 is 0. The van der Waals surface area contributed by atoms with Gasteiger partial charge in [-0.05, 0) is 36.4 Å². The molecular weight excluding hydrogens is 344 g/mol. The van der Waals surface area contributed by atoms with Crippen molar-refractivity contribution < 1.29 is 9.63 Å².